The Hall–Kier alpha value is -2.75. The second-order valence-electron chi connectivity index (χ2n) is 5.88. The van der Waals surface area contributed by atoms with Crippen LogP contribution in [0.2, 0.25) is 0 Å². The molecule has 1 aliphatic rings. The summed E-state index contributed by atoms with van der Waals surface area (Å²) in [5.74, 6) is 0. The zero-order chi connectivity index (χ0) is 17.4. The van der Waals surface area contributed by atoms with Gasteiger partial charge in [-0.1, -0.05) is 39.2 Å². The Morgan fingerprint density at radius 2 is 1.88 bits per heavy atom. The molecule has 2 aromatic heterocycles. The number of hydrogen-bond donors (Lipinski definition) is 2. The number of nitrogens with one attached hydrogen (secondary N) is 1. The number of nitrogens with zero attached hydrogens (tertiary/aromatic N) is 2. The third kappa shape index (κ3) is 2.68. The van der Waals surface area contributed by atoms with Gasteiger partial charge in [0.25, 0.3) is 5.56 Å². The van der Waals surface area contributed by atoms with E-state index in [1.54, 1.807) is 18.6 Å². The van der Waals surface area contributed by atoms with E-state index in [1.165, 1.54) is 0 Å². The van der Waals surface area contributed by atoms with Gasteiger partial charge in [-0.15, -0.1) is 0 Å². The van der Waals surface area contributed by atoms with Crippen molar-refractivity contribution in [3.05, 3.63) is 82.5 Å². The largest absolute Gasteiger partial charge is 0.387 e. The summed E-state index contributed by atoms with van der Waals surface area (Å²) in [6, 6.07) is 13.3. The van der Waals surface area contributed by atoms with E-state index >= 15 is 0 Å². The van der Waals surface area contributed by atoms with Crippen LogP contribution in [0.1, 0.15) is 17.2 Å². The maximum Gasteiger partial charge on any atom is 0.259 e. The number of H-pyrrole nitrogens is 1. The predicted octanol–water partition coefficient (Wildman–Crippen LogP) is 2.61. The van der Waals surface area contributed by atoms with Crippen molar-refractivity contribution in [2.75, 3.05) is 11.4 Å². The minimum atomic E-state index is -0.662. The highest BCUT2D eigenvalue weighted by Crippen LogP contribution is 2.40. The average molecular weight is 349 g/mol. The molecule has 124 valence electrons. The molecule has 3 heterocycles. The number of fused-ring (bicyclic) bond motifs is 1. The highest BCUT2D eigenvalue weighted by molar-refractivity contribution is 7.23. The number of benzene rings is 1. The van der Waals surface area contributed by atoms with Gasteiger partial charge in [0.15, 0.2) is 0 Å². The molecule has 0 bridgehead atoms. The van der Waals surface area contributed by atoms with Crippen LogP contribution in [0.25, 0.3) is 11.1 Å². The third-order valence-electron chi connectivity index (χ3n) is 4.37. The van der Waals surface area contributed by atoms with Crippen LogP contribution in [0.5, 0.6) is 0 Å². The van der Waals surface area contributed by atoms with Gasteiger partial charge in [-0.25, -0.2) is 0 Å². The molecule has 0 spiro atoms. The standard InChI is InChI=1S/C19H16N3O2P/c23-15(13-4-2-1-3-5-13)11-22-17-14(12-6-8-20-9-7-12)10-21-18(24)16(17)19(22)25/h1-10,15,23,25H,11H2,(H,21,24)/t15-/m1/s1. The summed E-state index contributed by atoms with van der Waals surface area (Å²) in [7, 11) is 3.54. The van der Waals surface area contributed by atoms with E-state index in [9.17, 15) is 9.90 Å². The maximum atomic E-state index is 12.2. The molecule has 1 atom stereocenters. The van der Waals surface area contributed by atoms with Crippen LogP contribution < -0.4 is 10.5 Å². The highest BCUT2D eigenvalue weighted by Gasteiger charge is 2.35. The summed E-state index contributed by atoms with van der Waals surface area (Å²) in [6.45, 7) is 0.359. The summed E-state index contributed by atoms with van der Waals surface area (Å²) in [5, 5.41) is 10.6. The molecule has 1 aliphatic heterocycles. The Labute approximate surface area is 146 Å². The summed E-state index contributed by atoms with van der Waals surface area (Å²) >= 11 is 0. The zero-order valence-corrected chi connectivity index (χ0v) is 14.3. The molecule has 5 nitrogen and oxygen atoms in total. The number of aromatic nitrogens is 2. The van der Waals surface area contributed by atoms with Crippen molar-refractivity contribution in [1.29, 1.82) is 0 Å². The number of pyridine rings is 2. The van der Waals surface area contributed by atoms with E-state index in [1.807, 2.05) is 47.4 Å². The maximum absolute atomic E-state index is 12.2. The lowest BCUT2D eigenvalue weighted by Crippen LogP contribution is -2.47. The van der Waals surface area contributed by atoms with E-state index in [-0.39, 0.29) is 5.56 Å². The smallest absolute Gasteiger partial charge is 0.259 e. The van der Waals surface area contributed by atoms with E-state index in [0.717, 1.165) is 22.4 Å². The first kappa shape index (κ1) is 15.8. The lowest BCUT2D eigenvalue weighted by atomic mass is 9.95. The van der Waals surface area contributed by atoms with Gasteiger partial charge >= 0.3 is 0 Å². The van der Waals surface area contributed by atoms with E-state index in [2.05, 4.69) is 18.8 Å². The first-order valence-electron chi connectivity index (χ1n) is 7.92. The SMILES string of the molecule is O=c1[nH]cc(-c2ccncc2)c2c1C(=P)N2C[C@@H](O)c1ccccc1. The van der Waals surface area contributed by atoms with Crippen molar-refractivity contribution in [2.45, 2.75) is 6.10 Å². The Kier molecular flexibility index (Phi) is 3.96. The van der Waals surface area contributed by atoms with Gasteiger partial charge in [0, 0.05) is 24.2 Å². The van der Waals surface area contributed by atoms with E-state index in [0.29, 0.717) is 17.5 Å². The lowest BCUT2D eigenvalue weighted by molar-refractivity contribution is 0.187. The van der Waals surface area contributed by atoms with Crippen LogP contribution in [0.4, 0.5) is 5.69 Å². The number of hydrogen-bond acceptors (Lipinski definition) is 3. The molecule has 6 heteroatoms. The fourth-order valence-corrected chi connectivity index (χ4v) is 3.54. The minimum absolute atomic E-state index is 0.150. The summed E-state index contributed by atoms with van der Waals surface area (Å²) in [5.41, 5.74) is 4.65. The van der Waals surface area contributed by atoms with E-state index in [4.69, 9.17) is 0 Å². The molecule has 0 saturated heterocycles. The summed E-state index contributed by atoms with van der Waals surface area (Å²) in [4.78, 5) is 20.9. The number of aromatic amines is 1. The molecule has 0 unspecified atom stereocenters. The molecular weight excluding hydrogens is 333 g/mol. The Balaban J connectivity index is 1.73. The Bertz CT molecular complexity index is 987. The Morgan fingerprint density at radius 3 is 2.60 bits per heavy atom. The molecule has 0 amide bonds. The van der Waals surface area contributed by atoms with E-state index < -0.39 is 6.10 Å². The van der Waals surface area contributed by atoms with Crippen LogP contribution in [0, 0.1) is 0 Å². The molecule has 3 aromatic rings. The molecule has 0 saturated carbocycles. The minimum Gasteiger partial charge on any atom is -0.387 e. The third-order valence-corrected chi connectivity index (χ3v) is 4.89. The zero-order valence-electron chi connectivity index (χ0n) is 13.3. The Morgan fingerprint density at radius 1 is 1.16 bits per heavy atom. The monoisotopic (exact) mass is 349 g/mol. The van der Waals surface area contributed by atoms with Gasteiger partial charge in [0.05, 0.1) is 29.3 Å². The lowest BCUT2D eigenvalue weighted by Gasteiger charge is -2.39. The van der Waals surface area contributed by atoms with Crippen LogP contribution in [0.15, 0.2) is 65.8 Å². The van der Waals surface area contributed by atoms with Crippen molar-refractivity contribution in [1.82, 2.24) is 9.97 Å². The van der Waals surface area contributed by atoms with Gasteiger partial charge in [-0.2, -0.15) is 0 Å². The quantitative estimate of drug-likeness (QED) is 0.711. The number of anilines is 1. The van der Waals surface area contributed by atoms with Crippen molar-refractivity contribution >= 4 is 20.0 Å². The number of aliphatic hydroxyl groups is 1. The highest BCUT2D eigenvalue weighted by atomic mass is 31.0. The number of aliphatic hydroxyl groups excluding tert-OH is 1. The topological polar surface area (TPSA) is 69.2 Å². The number of β-amino-alcohol motifs (C(OH)–C–C–N with tert-alkyl or cyclic N) is 1. The second kappa shape index (κ2) is 6.28. The first-order chi connectivity index (χ1) is 12.2. The van der Waals surface area contributed by atoms with Crippen LogP contribution in [-0.4, -0.2) is 27.0 Å². The molecular formula is C19H16N3O2P. The average Bonchev–Trinajstić information content (AvgIpc) is 2.66. The first-order valence-corrected chi connectivity index (χ1v) is 8.42. The molecule has 0 fully saturated rings. The fourth-order valence-electron chi connectivity index (χ4n) is 3.10. The molecule has 4 rings (SSSR count). The van der Waals surface area contributed by atoms with Gasteiger partial charge in [-0.05, 0) is 23.3 Å². The van der Waals surface area contributed by atoms with Gasteiger partial charge in [0.1, 0.15) is 0 Å². The molecule has 25 heavy (non-hydrogen) atoms. The van der Waals surface area contributed by atoms with Gasteiger partial charge < -0.3 is 15.0 Å². The normalized spacial score (nSPS) is 14.0. The van der Waals surface area contributed by atoms with Gasteiger partial charge in [0.2, 0.25) is 0 Å². The van der Waals surface area contributed by atoms with Crippen LogP contribution in [0.3, 0.4) is 0 Å². The molecule has 2 N–H and O–H groups in total. The van der Waals surface area contributed by atoms with Crippen molar-refractivity contribution in [3.8, 4) is 11.1 Å². The molecule has 0 radical (unpaired) electrons. The van der Waals surface area contributed by atoms with Gasteiger partial charge in [-0.3, -0.25) is 9.78 Å². The van der Waals surface area contributed by atoms with Crippen molar-refractivity contribution < 1.29 is 5.11 Å². The summed E-state index contributed by atoms with van der Waals surface area (Å²) < 4.78 is 0. The second-order valence-corrected chi connectivity index (χ2v) is 6.35. The van der Waals surface area contributed by atoms with Crippen molar-refractivity contribution in [2.24, 2.45) is 0 Å². The molecule has 0 aliphatic carbocycles. The van der Waals surface area contributed by atoms with Crippen LogP contribution in [-0.2, 0) is 0 Å². The summed E-state index contributed by atoms with van der Waals surface area (Å²) in [6.07, 6.45) is 4.47. The fraction of sp³-hybridized carbons (Fsp3) is 0.105. The predicted molar refractivity (Wildman–Crippen MR) is 101 cm³/mol. The van der Waals surface area contributed by atoms with Crippen LogP contribution >= 0.6 is 8.86 Å². The number of rotatable bonds is 4. The van der Waals surface area contributed by atoms with Crippen molar-refractivity contribution in [3.63, 3.8) is 0 Å². The molecule has 1 aromatic carbocycles.